The zero-order valence-corrected chi connectivity index (χ0v) is 11.4. The van der Waals surface area contributed by atoms with Crippen molar-refractivity contribution in [3.05, 3.63) is 36.0 Å². The fourth-order valence-electron chi connectivity index (χ4n) is 2.23. The lowest BCUT2D eigenvalue weighted by Gasteiger charge is -2.23. The number of rotatable bonds is 4. The van der Waals surface area contributed by atoms with Crippen molar-refractivity contribution in [2.24, 2.45) is 5.92 Å². The van der Waals surface area contributed by atoms with E-state index in [1.54, 1.807) is 6.07 Å². The van der Waals surface area contributed by atoms with Crippen LogP contribution in [0, 0.1) is 5.92 Å². The Hall–Kier alpha value is -2.10. The van der Waals surface area contributed by atoms with Crippen LogP contribution in [0.1, 0.15) is 24.3 Å². The summed E-state index contributed by atoms with van der Waals surface area (Å²) >= 11 is 0. The van der Waals surface area contributed by atoms with E-state index in [1.165, 1.54) is 0 Å². The zero-order chi connectivity index (χ0) is 14.0. The Balaban J connectivity index is 2.59. The molecule has 0 aliphatic heterocycles. The van der Waals surface area contributed by atoms with Crippen LogP contribution in [-0.2, 0) is 0 Å². The molecule has 4 nitrogen and oxygen atoms in total. The van der Waals surface area contributed by atoms with Gasteiger partial charge < -0.3 is 10.0 Å². The first-order valence-electron chi connectivity index (χ1n) is 6.33. The maximum atomic E-state index is 11.2. The number of carboxylic acid groups (broad SMARTS) is 1. The van der Waals surface area contributed by atoms with Gasteiger partial charge in [-0.05, 0) is 18.1 Å². The number of pyridine rings is 1. The Kier molecular flexibility index (Phi) is 3.69. The highest BCUT2D eigenvalue weighted by molar-refractivity contribution is 5.97. The molecule has 0 fully saturated rings. The molecule has 0 aliphatic carbocycles. The Morgan fingerprint density at radius 1 is 1.37 bits per heavy atom. The highest BCUT2D eigenvalue weighted by atomic mass is 16.4. The topological polar surface area (TPSA) is 53.4 Å². The minimum atomic E-state index is -0.995. The molecule has 0 spiro atoms. The van der Waals surface area contributed by atoms with Crippen LogP contribution in [0.25, 0.3) is 10.9 Å². The molecule has 1 aromatic carbocycles. The number of benzene rings is 1. The van der Waals surface area contributed by atoms with Crippen LogP contribution in [0.2, 0.25) is 0 Å². The van der Waals surface area contributed by atoms with Gasteiger partial charge >= 0.3 is 5.97 Å². The van der Waals surface area contributed by atoms with Crippen LogP contribution in [0.5, 0.6) is 0 Å². The smallest absolute Gasteiger partial charge is 0.354 e. The number of para-hydroxylation sites is 1. The average molecular weight is 258 g/mol. The van der Waals surface area contributed by atoms with Crippen LogP contribution < -0.4 is 4.90 Å². The van der Waals surface area contributed by atoms with Gasteiger partial charge in [0.05, 0.1) is 5.52 Å². The van der Waals surface area contributed by atoms with Crippen molar-refractivity contribution in [2.45, 2.75) is 13.8 Å². The van der Waals surface area contributed by atoms with E-state index in [4.69, 9.17) is 5.11 Å². The van der Waals surface area contributed by atoms with Gasteiger partial charge in [0, 0.05) is 24.7 Å². The Morgan fingerprint density at radius 2 is 2.05 bits per heavy atom. The summed E-state index contributed by atoms with van der Waals surface area (Å²) in [5.41, 5.74) is 1.72. The predicted molar refractivity (Wildman–Crippen MR) is 76.8 cm³/mol. The molecule has 0 bridgehead atoms. The van der Waals surface area contributed by atoms with E-state index < -0.39 is 5.97 Å². The summed E-state index contributed by atoms with van der Waals surface area (Å²) < 4.78 is 0. The number of hydrogen-bond acceptors (Lipinski definition) is 3. The number of fused-ring (bicyclic) bond motifs is 1. The van der Waals surface area contributed by atoms with Crippen molar-refractivity contribution >= 4 is 22.6 Å². The number of carbonyl (C=O) groups is 1. The molecular weight excluding hydrogens is 240 g/mol. The first-order chi connectivity index (χ1) is 8.99. The van der Waals surface area contributed by atoms with Gasteiger partial charge in [0.1, 0.15) is 0 Å². The van der Waals surface area contributed by atoms with Crippen molar-refractivity contribution in [1.82, 2.24) is 4.98 Å². The number of aromatic carboxylic acids is 1. The van der Waals surface area contributed by atoms with Crippen molar-refractivity contribution in [3.8, 4) is 0 Å². The first kappa shape index (κ1) is 13.3. The van der Waals surface area contributed by atoms with Crippen molar-refractivity contribution in [1.29, 1.82) is 0 Å². The number of hydrogen-bond donors (Lipinski definition) is 1. The molecule has 2 rings (SSSR count). The summed E-state index contributed by atoms with van der Waals surface area (Å²) in [6, 6.07) is 9.27. The van der Waals surface area contributed by atoms with Gasteiger partial charge in [0.25, 0.3) is 0 Å². The van der Waals surface area contributed by atoms with Crippen molar-refractivity contribution < 1.29 is 9.90 Å². The fraction of sp³-hybridized carbons (Fsp3) is 0.333. The molecule has 0 radical (unpaired) electrons. The highest BCUT2D eigenvalue weighted by Gasteiger charge is 2.13. The summed E-state index contributed by atoms with van der Waals surface area (Å²) in [6.45, 7) is 5.14. The number of carboxylic acids is 1. The molecule has 0 atom stereocenters. The minimum Gasteiger partial charge on any atom is -0.477 e. The normalized spacial score (nSPS) is 10.9. The molecule has 2 aromatic rings. The molecule has 0 aliphatic rings. The van der Waals surface area contributed by atoms with Crippen molar-refractivity contribution in [3.63, 3.8) is 0 Å². The lowest BCUT2D eigenvalue weighted by molar-refractivity contribution is 0.0691. The van der Waals surface area contributed by atoms with Gasteiger partial charge in [-0.2, -0.15) is 0 Å². The number of aromatic nitrogens is 1. The molecule has 1 heterocycles. The Morgan fingerprint density at radius 3 is 2.68 bits per heavy atom. The number of anilines is 1. The van der Waals surface area contributed by atoms with Crippen LogP contribution in [0.15, 0.2) is 30.3 Å². The monoisotopic (exact) mass is 258 g/mol. The summed E-state index contributed by atoms with van der Waals surface area (Å²) in [7, 11) is 1.98. The summed E-state index contributed by atoms with van der Waals surface area (Å²) in [5.74, 6) is -0.491. The third-order valence-electron chi connectivity index (χ3n) is 2.96. The first-order valence-corrected chi connectivity index (χ1v) is 6.33. The summed E-state index contributed by atoms with van der Waals surface area (Å²) in [5, 5.41) is 10.1. The third-order valence-corrected chi connectivity index (χ3v) is 2.96. The lowest BCUT2D eigenvalue weighted by Crippen LogP contribution is -2.23. The van der Waals surface area contributed by atoms with Crippen LogP contribution in [-0.4, -0.2) is 29.7 Å². The molecule has 4 heteroatoms. The van der Waals surface area contributed by atoms with Gasteiger partial charge in [-0.3, -0.25) is 0 Å². The van der Waals surface area contributed by atoms with Gasteiger partial charge in [0.15, 0.2) is 5.69 Å². The molecule has 0 saturated heterocycles. The predicted octanol–water partition coefficient (Wildman–Crippen LogP) is 3.03. The van der Waals surface area contributed by atoms with Gasteiger partial charge in [-0.15, -0.1) is 0 Å². The van der Waals surface area contributed by atoms with Crippen LogP contribution in [0.3, 0.4) is 0 Å². The number of nitrogens with zero attached hydrogens (tertiary/aromatic N) is 2. The van der Waals surface area contributed by atoms with E-state index in [2.05, 4.69) is 23.7 Å². The average Bonchev–Trinajstić information content (AvgIpc) is 2.36. The second-order valence-electron chi connectivity index (χ2n) is 5.12. The molecule has 0 amide bonds. The van der Waals surface area contributed by atoms with Gasteiger partial charge in [-0.25, -0.2) is 9.78 Å². The molecule has 1 aromatic heterocycles. The second-order valence-corrected chi connectivity index (χ2v) is 5.12. The van der Waals surface area contributed by atoms with E-state index in [1.807, 2.05) is 31.3 Å². The van der Waals surface area contributed by atoms with Gasteiger partial charge in [0.2, 0.25) is 0 Å². The second kappa shape index (κ2) is 5.26. The van der Waals surface area contributed by atoms with E-state index in [0.29, 0.717) is 11.4 Å². The SMILES string of the molecule is CC(C)CN(C)c1cc(C(=O)O)nc2ccccc12. The van der Waals surface area contributed by atoms with E-state index >= 15 is 0 Å². The van der Waals surface area contributed by atoms with Crippen molar-refractivity contribution in [2.75, 3.05) is 18.5 Å². The summed E-state index contributed by atoms with van der Waals surface area (Å²) in [6.07, 6.45) is 0. The Labute approximate surface area is 112 Å². The standard InChI is InChI=1S/C15H18N2O2/c1-10(2)9-17(3)14-8-13(15(18)19)16-12-7-5-4-6-11(12)14/h4-8,10H,9H2,1-3H3,(H,18,19). The highest BCUT2D eigenvalue weighted by Crippen LogP contribution is 2.26. The van der Waals surface area contributed by atoms with E-state index in [-0.39, 0.29) is 5.69 Å². The fourth-order valence-corrected chi connectivity index (χ4v) is 2.23. The maximum absolute atomic E-state index is 11.2. The van der Waals surface area contributed by atoms with E-state index in [0.717, 1.165) is 17.6 Å². The van der Waals surface area contributed by atoms with E-state index in [9.17, 15) is 4.79 Å². The largest absolute Gasteiger partial charge is 0.477 e. The lowest BCUT2D eigenvalue weighted by atomic mass is 10.1. The minimum absolute atomic E-state index is 0.0873. The molecule has 0 unspecified atom stereocenters. The third kappa shape index (κ3) is 2.84. The molecular formula is C15H18N2O2. The summed E-state index contributed by atoms with van der Waals surface area (Å²) in [4.78, 5) is 17.4. The molecule has 1 N–H and O–H groups in total. The van der Waals surface area contributed by atoms with Crippen LogP contribution >= 0.6 is 0 Å². The Bertz CT molecular complexity index is 608. The molecule has 0 saturated carbocycles. The molecule has 100 valence electrons. The quantitative estimate of drug-likeness (QED) is 0.915. The molecule has 19 heavy (non-hydrogen) atoms. The maximum Gasteiger partial charge on any atom is 0.354 e. The van der Waals surface area contributed by atoms with Crippen LogP contribution in [0.4, 0.5) is 5.69 Å². The zero-order valence-electron chi connectivity index (χ0n) is 11.4. The van der Waals surface area contributed by atoms with Gasteiger partial charge in [-0.1, -0.05) is 32.0 Å².